The lowest BCUT2D eigenvalue weighted by Gasteiger charge is -2.11. The van der Waals surface area contributed by atoms with Gasteiger partial charge in [-0.15, -0.1) is 35.3 Å². The van der Waals surface area contributed by atoms with E-state index in [1.54, 1.807) is 24.5 Å². The van der Waals surface area contributed by atoms with Gasteiger partial charge in [0.05, 0.1) is 20.2 Å². The van der Waals surface area contributed by atoms with Crippen LogP contribution in [0.5, 0.6) is 5.75 Å². The second kappa shape index (κ2) is 10.7. The van der Waals surface area contributed by atoms with Gasteiger partial charge in [0.1, 0.15) is 5.75 Å². The van der Waals surface area contributed by atoms with Gasteiger partial charge in [-0.1, -0.05) is 23.7 Å². The Kier molecular flexibility index (Phi) is 9.35. The van der Waals surface area contributed by atoms with Crippen LogP contribution >= 0.6 is 46.9 Å². The molecule has 2 N–H and O–H groups in total. The molecule has 0 aliphatic heterocycles. The predicted molar refractivity (Wildman–Crippen MR) is 109 cm³/mol. The van der Waals surface area contributed by atoms with Gasteiger partial charge >= 0.3 is 0 Å². The Balaban J connectivity index is 0.00000264. The van der Waals surface area contributed by atoms with E-state index in [4.69, 9.17) is 16.3 Å². The molecule has 1 aromatic carbocycles. The second-order valence-corrected chi connectivity index (χ2v) is 6.05. The first-order valence-corrected chi connectivity index (χ1v) is 8.35. The molecule has 1 heterocycles. The van der Waals surface area contributed by atoms with Gasteiger partial charge in [0, 0.05) is 22.0 Å². The molecule has 126 valence electrons. The van der Waals surface area contributed by atoms with Crippen LogP contribution in [0.25, 0.3) is 0 Å². The highest BCUT2D eigenvalue weighted by Crippen LogP contribution is 2.23. The van der Waals surface area contributed by atoms with Gasteiger partial charge in [-0.3, -0.25) is 0 Å². The van der Waals surface area contributed by atoms with Crippen molar-refractivity contribution in [2.75, 3.05) is 13.7 Å². The minimum absolute atomic E-state index is 0. The summed E-state index contributed by atoms with van der Waals surface area (Å²) in [6, 6.07) is 9.74. The van der Waals surface area contributed by atoms with Gasteiger partial charge in [0.2, 0.25) is 0 Å². The van der Waals surface area contributed by atoms with Gasteiger partial charge in [-0.2, -0.15) is 0 Å². The zero-order chi connectivity index (χ0) is 15.8. The monoisotopic (exact) mass is 465 g/mol. The lowest BCUT2D eigenvalue weighted by molar-refractivity contribution is 0.410. The topological polar surface area (TPSA) is 45.7 Å². The first kappa shape index (κ1) is 20.1. The maximum absolute atomic E-state index is 5.98. The molecule has 23 heavy (non-hydrogen) atoms. The highest BCUT2D eigenvalue weighted by molar-refractivity contribution is 14.0. The fourth-order valence-electron chi connectivity index (χ4n) is 1.94. The molecule has 0 atom stereocenters. The molecule has 4 nitrogen and oxygen atoms in total. The number of nitrogens with one attached hydrogen (secondary N) is 2. The molecule has 0 spiro atoms. The Hall–Kier alpha value is -0.990. The molecule has 0 fully saturated rings. The summed E-state index contributed by atoms with van der Waals surface area (Å²) in [5.74, 6) is 1.54. The molecule has 2 rings (SSSR count). The van der Waals surface area contributed by atoms with Crippen LogP contribution in [-0.4, -0.2) is 19.6 Å². The van der Waals surface area contributed by atoms with Crippen LogP contribution in [0.2, 0.25) is 5.02 Å². The number of nitrogens with zero attached hydrogens (tertiary/aromatic N) is 1. The number of ether oxygens (including phenoxy) is 1. The Morgan fingerprint density at radius 3 is 2.78 bits per heavy atom. The van der Waals surface area contributed by atoms with E-state index in [1.807, 2.05) is 25.1 Å². The van der Waals surface area contributed by atoms with E-state index >= 15 is 0 Å². The summed E-state index contributed by atoms with van der Waals surface area (Å²) >= 11 is 7.70. The van der Waals surface area contributed by atoms with E-state index < -0.39 is 0 Å². The molecule has 0 aliphatic rings. The maximum Gasteiger partial charge on any atom is 0.191 e. The average Bonchev–Trinajstić information content (AvgIpc) is 3.04. The normalized spacial score (nSPS) is 10.8. The Bertz CT molecular complexity index is 620. The van der Waals surface area contributed by atoms with Crippen LogP contribution in [0.1, 0.15) is 17.4 Å². The highest BCUT2D eigenvalue weighted by atomic mass is 127. The van der Waals surface area contributed by atoms with Crippen molar-refractivity contribution in [3.63, 3.8) is 0 Å². The number of halogens is 2. The van der Waals surface area contributed by atoms with Gasteiger partial charge in [-0.05, 0) is 30.5 Å². The molecule has 0 radical (unpaired) electrons. The van der Waals surface area contributed by atoms with Crippen molar-refractivity contribution in [2.24, 2.45) is 4.99 Å². The van der Waals surface area contributed by atoms with E-state index in [-0.39, 0.29) is 24.0 Å². The summed E-state index contributed by atoms with van der Waals surface area (Å²) in [7, 11) is 1.64. The SMILES string of the molecule is CCNC(=NCc1ccc(Cl)cc1OC)NCc1cccs1.I. The molecular weight excluding hydrogens is 445 g/mol. The van der Waals surface area contributed by atoms with E-state index in [0.29, 0.717) is 11.6 Å². The van der Waals surface area contributed by atoms with E-state index in [2.05, 4.69) is 27.1 Å². The third-order valence-electron chi connectivity index (χ3n) is 3.01. The van der Waals surface area contributed by atoms with Crippen LogP contribution in [0, 0.1) is 0 Å². The summed E-state index contributed by atoms with van der Waals surface area (Å²) in [6.07, 6.45) is 0. The van der Waals surface area contributed by atoms with Gasteiger partial charge < -0.3 is 15.4 Å². The van der Waals surface area contributed by atoms with E-state index in [0.717, 1.165) is 30.4 Å². The average molecular weight is 466 g/mol. The molecule has 0 unspecified atom stereocenters. The molecule has 0 saturated carbocycles. The summed E-state index contributed by atoms with van der Waals surface area (Å²) in [4.78, 5) is 5.87. The largest absolute Gasteiger partial charge is 0.496 e. The fraction of sp³-hybridized carbons (Fsp3) is 0.312. The number of rotatable bonds is 6. The molecule has 2 aromatic rings. The van der Waals surface area contributed by atoms with Crippen molar-refractivity contribution in [3.05, 3.63) is 51.2 Å². The first-order valence-electron chi connectivity index (χ1n) is 7.10. The number of benzene rings is 1. The fourth-order valence-corrected chi connectivity index (χ4v) is 2.75. The highest BCUT2D eigenvalue weighted by Gasteiger charge is 2.04. The van der Waals surface area contributed by atoms with Crippen molar-refractivity contribution in [1.82, 2.24) is 10.6 Å². The lowest BCUT2D eigenvalue weighted by Crippen LogP contribution is -2.36. The molecule has 0 amide bonds. The first-order chi connectivity index (χ1) is 10.7. The molecule has 1 aromatic heterocycles. The predicted octanol–water partition coefficient (Wildman–Crippen LogP) is 4.28. The summed E-state index contributed by atoms with van der Waals surface area (Å²) in [5.41, 5.74) is 1.00. The number of thiophene rings is 1. The van der Waals surface area contributed by atoms with Gasteiger partial charge in [0.15, 0.2) is 5.96 Å². The third-order valence-corrected chi connectivity index (χ3v) is 4.12. The smallest absolute Gasteiger partial charge is 0.191 e. The molecular formula is C16H21ClIN3OS. The minimum Gasteiger partial charge on any atom is -0.496 e. The Labute approximate surface area is 163 Å². The van der Waals surface area contributed by atoms with Crippen molar-refractivity contribution >= 4 is 52.9 Å². The molecule has 0 saturated heterocycles. The van der Waals surface area contributed by atoms with Crippen LogP contribution in [-0.2, 0) is 13.1 Å². The van der Waals surface area contributed by atoms with Gasteiger partial charge in [0.25, 0.3) is 0 Å². The lowest BCUT2D eigenvalue weighted by atomic mass is 10.2. The van der Waals surface area contributed by atoms with E-state index in [1.165, 1.54) is 4.88 Å². The standard InChI is InChI=1S/C16H20ClN3OS.HI/c1-3-18-16(20-11-14-5-4-8-22-14)19-10-12-6-7-13(17)9-15(12)21-2;/h4-9H,3,10-11H2,1-2H3,(H2,18,19,20);1H. The number of methoxy groups -OCH3 is 1. The quantitative estimate of drug-likeness (QED) is 0.380. The van der Waals surface area contributed by atoms with Crippen molar-refractivity contribution in [3.8, 4) is 5.75 Å². The van der Waals surface area contributed by atoms with Crippen LogP contribution in [0.15, 0.2) is 40.7 Å². The number of hydrogen-bond donors (Lipinski definition) is 2. The molecule has 0 bridgehead atoms. The maximum atomic E-state index is 5.98. The van der Waals surface area contributed by atoms with Crippen molar-refractivity contribution < 1.29 is 4.74 Å². The number of guanidine groups is 1. The summed E-state index contributed by atoms with van der Waals surface area (Å²) in [6.45, 7) is 4.15. The third kappa shape index (κ3) is 6.56. The van der Waals surface area contributed by atoms with Crippen molar-refractivity contribution in [1.29, 1.82) is 0 Å². The molecule has 0 aliphatic carbocycles. The number of aliphatic imine (C=N–C) groups is 1. The number of hydrogen-bond acceptors (Lipinski definition) is 3. The van der Waals surface area contributed by atoms with Crippen LogP contribution in [0.4, 0.5) is 0 Å². The zero-order valence-electron chi connectivity index (χ0n) is 13.1. The Morgan fingerprint density at radius 1 is 1.30 bits per heavy atom. The van der Waals surface area contributed by atoms with Crippen molar-refractivity contribution in [2.45, 2.75) is 20.0 Å². The second-order valence-electron chi connectivity index (χ2n) is 4.58. The van der Waals surface area contributed by atoms with Crippen LogP contribution < -0.4 is 15.4 Å². The van der Waals surface area contributed by atoms with E-state index in [9.17, 15) is 0 Å². The summed E-state index contributed by atoms with van der Waals surface area (Å²) < 4.78 is 5.34. The van der Waals surface area contributed by atoms with Gasteiger partial charge in [-0.25, -0.2) is 4.99 Å². The Morgan fingerprint density at radius 2 is 2.13 bits per heavy atom. The zero-order valence-corrected chi connectivity index (χ0v) is 17.0. The van der Waals surface area contributed by atoms with Crippen LogP contribution in [0.3, 0.4) is 0 Å². The molecule has 7 heteroatoms. The summed E-state index contributed by atoms with van der Waals surface area (Å²) in [5, 5.41) is 9.29. The minimum atomic E-state index is 0.